The molecule has 0 spiro atoms. The molecule has 4 aromatic rings. The minimum absolute atomic E-state index is 0.187. The third-order valence-corrected chi connectivity index (χ3v) is 5.82. The molecular weight excluding hydrogens is 448 g/mol. The van der Waals surface area contributed by atoms with E-state index in [-0.39, 0.29) is 5.91 Å². The van der Waals surface area contributed by atoms with E-state index in [1.165, 1.54) is 11.6 Å². The van der Waals surface area contributed by atoms with Crippen LogP contribution >= 0.6 is 11.3 Å². The number of methoxy groups -OCH3 is 1. The smallest absolute Gasteiger partial charge is 0.244 e. The van der Waals surface area contributed by atoms with E-state index in [2.05, 4.69) is 22.4 Å². The van der Waals surface area contributed by atoms with Crippen LogP contribution in [0.5, 0.6) is 5.88 Å². The number of ether oxygens (including phenoxy) is 2. The Morgan fingerprint density at radius 3 is 2.71 bits per heavy atom. The van der Waals surface area contributed by atoms with Crippen molar-refractivity contribution in [3.05, 3.63) is 95.1 Å². The molecule has 0 fully saturated rings. The maximum atomic E-state index is 12.4. The van der Waals surface area contributed by atoms with Gasteiger partial charge in [-0.25, -0.2) is 4.98 Å². The van der Waals surface area contributed by atoms with Crippen molar-refractivity contribution in [2.24, 2.45) is 0 Å². The molecule has 1 amide bonds. The van der Waals surface area contributed by atoms with E-state index in [0.717, 1.165) is 21.7 Å². The number of rotatable bonds is 11. The van der Waals surface area contributed by atoms with Crippen LogP contribution in [-0.4, -0.2) is 41.0 Å². The van der Waals surface area contributed by atoms with E-state index < -0.39 is 0 Å². The Labute approximate surface area is 202 Å². The van der Waals surface area contributed by atoms with Gasteiger partial charge in [0.2, 0.25) is 11.8 Å². The van der Waals surface area contributed by atoms with Crippen LogP contribution in [0.15, 0.2) is 78.4 Å². The average Bonchev–Trinajstić information content (AvgIpc) is 3.53. The highest BCUT2D eigenvalue weighted by Crippen LogP contribution is 2.27. The highest BCUT2D eigenvalue weighted by molar-refractivity contribution is 7.13. The van der Waals surface area contributed by atoms with Gasteiger partial charge in [0, 0.05) is 43.8 Å². The van der Waals surface area contributed by atoms with Crippen molar-refractivity contribution in [3.8, 4) is 16.5 Å². The van der Waals surface area contributed by atoms with Crippen LogP contribution in [0.1, 0.15) is 16.7 Å². The van der Waals surface area contributed by atoms with Crippen LogP contribution in [0.4, 0.5) is 0 Å². The summed E-state index contributed by atoms with van der Waals surface area (Å²) in [6.07, 6.45) is 7.01. The zero-order valence-corrected chi connectivity index (χ0v) is 19.7. The average molecular weight is 475 g/mol. The summed E-state index contributed by atoms with van der Waals surface area (Å²) in [6, 6.07) is 17.9. The predicted molar refractivity (Wildman–Crippen MR) is 134 cm³/mol. The molecule has 174 valence electrons. The van der Waals surface area contributed by atoms with Gasteiger partial charge in [-0.05, 0) is 28.6 Å². The highest BCUT2D eigenvalue weighted by atomic mass is 32.1. The minimum atomic E-state index is -0.187. The molecule has 8 heteroatoms. The van der Waals surface area contributed by atoms with Gasteiger partial charge in [-0.1, -0.05) is 42.5 Å². The first-order valence-electron chi connectivity index (χ1n) is 10.9. The van der Waals surface area contributed by atoms with Gasteiger partial charge in [-0.15, -0.1) is 11.3 Å². The molecule has 0 radical (unpaired) electrons. The molecular formula is C26H26N4O3S. The normalized spacial score (nSPS) is 11.1. The SMILES string of the molecule is COCCOc1ccc(CNC(=O)/C=C/c2cn(Cc3ccccc3)nc2-c2cccs2)cn1. The summed E-state index contributed by atoms with van der Waals surface area (Å²) in [6.45, 7) is 1.99. The molecule has 0 aliphatic rings. The van der Waals surface area contributed by atoms with Crippen molar-refractivity contribution < 1.29 is 14.3 Å². The lowest BCUT2D eigenvalue weighted by atomic mass is 10.2. The van der Waals surface area contributed by atoms with E-state index in [9.17, 15) is 4.79 Å². The summed E-state index contributed by atoms with van der Waals surface area (Å²) in [5.74, 6) is 0.342. The van der Waals surface area contributed by atoms with Crippen LogP contribution in [0, 0.1) is 0 Å². The maximum absolute atomic E-state index is 12.4. The van der Waals surface area contributed by atoms with Gasteiger partial charge >= 0.3 is 0 Å². The van der Waals surface area contributed by atoms with Crippen molar-refractivity contribution in [2.75, 3.05) is 20.3 Å². The molecule has 0 aliphatic carbocycles. The third kappa shape index (κ3) is 6.63. The van der Waals surface area contributed by atoms with Gasteiger partial charge in [-0.2, -0.15) is 5.10 Å². The molecule has 0 atom stereocenters. The maximum Gasteiger partial charge on any atom is 0.244 e. The summed E-state index contributed by atoms with van der Waals surface area (Å²) in [4.78, 5) is 17.7. The lowest BCUT2D eigenvalue weighted by Crippen LogP contribution is -2.20. The zero-order valence-electron chi connectivity index (χ0n) is 18.9. The lowest BCUT2D eigenvalue weighted by molar-refractivity contribution is -0.116. The monoisotopic (exact) mass is 474 g/mol. The first-order valence-corrected chi connectivity index (χ1v) is 11.8. The number of hydrogen-bond acceptors (Lipinski definition) is 6. The third-order valence-electron chi connectivity index (χ3n) is 4.95. The van der Waals surface area contributed by atoms with Gasteiger partial charge in [0.1, 0.15) is 12.3 Å². The minimum Gasteiger partial charge on any atom is -0.475 e. The fraction of sp³-hybridized carbons (Fsp3) is 0.192. The largest absolute Gasteiger partial charge is 0.475 e. The van der Waals surface area contributed by atoms with Crippen molar-refractivity contribution in [3.63, 3.8) is 0 Å². The van der Waals surface area contributed by atoms with Crippen LogP contribution in [0.3, 0.4) is 0 Å². The van der Waals surface area contributed by atoms with Crippen LogP contribution < -0.4 is 10.1 Å². The predicted octanol–water partition coefficient (Wildman–Crippen LogP) is 4.41. The first-order chi connectivity index (χ1) is 16.7. The summed E-state index contributed by atoms with van der Waals surface area (Å²) in [7, 11) is 1.62. The lowest BCUT2D eigenvalue weighted by Gasteiger charge is -2.06. The van der Waals surface area contributed by atoms with Crippen LogP contribution in [0.2, 0.25) is 0 Å². The standard InChI is InChI=1S/C26H26N4O3S/c1-32-13-14-33-25-12-9-21(17-28-25)16-27-24(31)11-10-22-19-30(18-20-6-3-2-4-7-20)29-26(22)23-8-5-15-34-23/h2-12,15,17,19H,13-14,16,18H2,1H3,(H,27,31)/b11-10+. The second-order valence-electron chi connectivity index (χ2n) is 7.49. The summed E-state index contributed by atoms with van der Waals surface area (Å²) in [5.41, 5.74) is 3.81. The Morgan fingerprint density at radius 2 is 1.97 bits per heavy atom. The number of pyridine rings is 1. The quantitative estimate of drug-likeness (QED) is 0.257. The van der Waals surface area contributed by atoms with Crippen LogP contribution in [-0.2, 0) is 22.6 Å². The van der Waals surface area contributed by atoms with E-state index >= 15 is 0 Å². The molecule has 1 aromatic carbocycles. The van der Waals surface area contributed by atoms with Gasteiger partial charge in [0.15, 0.2) is 0 Å². The van der Waals surface area contributed by atoms with Gasteiger partial charge < -0.3 is 14.8 Å². The molecule has 3 aromatic heterocycles. The number of amides is 1. The Bertz CT molecular complexity index is 1200. The van der Waals surface area contributed by atoms with E-state index in [4.69, 9.17) is 14.6 Å². The molecule has 34 heavy (non-hydrogen) atoms. The number of benzene rings is 1. The molecule has 0 unspecified atom stereocenters. The Balaban J connectivity index is 1.38. The first kappa shape index (κ1) is 23.4. The second kappa shape index (κ2) is 11.9. The van der Waals surface area contributed by atoms with E-state index in [1.54, 1.807) is 30.7 Å². The van der Waals surface area contributed by atoms with Gasteiger partial charge in [0.25, 0.3) is 0 Å². The zero-order chi connectivity index (χ0) is 23.6. The number of carbonyl (C=O) groups is 1. The Hall–Kier alpha value is -3.75. The molecule has 4 rings (SSSR count). The molecule has 0 saturated heterocycles. The number of hydrogen-bond donors (Lipinski definition) is 1. The molecule has 0 aliphatic heterocycles. The van der Waals surface area contributed by atoms with E-state index in [0.29, 0.717) is 32.2 Å². The number of aromatic nitrogens is 3. The fourth-order valence-corrected chi connectivity index (χ4v) is 3.99. The van der Waals surface area contributed by atoms with Gasteiger partial charge in [0.05, 0.1) is 18.0 Å². The molecule has 0 bridgehead atoms. The van der Waals surface area contributed by atoms with Crippen molar-refractivity contribution >= 4 is 23.3 Å². The number of carbonyl (C=O) groups excluding carboxylic acids is 1. The number of thiophene rings is 1. The molecule has 1 N–H and O–H groups in total. The van der Waals surface area contributed by atoms with Crippen LogP contribution in [0.25, 0.3) is 16.6 Å². The molecule has 7 nitrogen and oxygen atoms in total. The van der Waals surface area contributed by atoms with Crippen molar-refractivity contribution in [1.82, 2.24) is 20.1 Å². The number of nitrogens with zero attached hydrogens (tertiary/aromatic N) is 3. The number of nitrogens with one attached hydrogen (secondary N) is 1. The van der Waals surface area contributed by atoms with Crippen molar-refractivity contribution in [2.45, 2.75) is 13.1 Å². The second-order valence-corrected chi connectivity index (χ2v) is 8.44. The van der Waals surface area contributed by atoms with Gasteiger partial charge in [-0.3, -0.25) is 9.48 Å². The highest BCUT2D eigenvalue weighted by Gasteiger charge is 2.11. The summed E-state index contributed by atoms with van der Waals surface area (Å²) in [5, 5.41) is 9.68. The Morgan fingerprint density at radius 1 is 1.09 bits per heavy atom. The van der Waals surface area contributed by atoms with E-state index in [1.807, 2.05) is 58.7 Å². The molecule has 3 heterocycles. The van der Waals surface area contributed by atoms with Crippen molar-refractivity contribution in [1.29, 1.82) is 0 Å². The molecule has 0 saturated carbocycles. The summed E-state index contributed by atoms with van der Waals surface area (Å²) >= 11 is 1.62. The fourth-order valence-electron chi connectivity index (χ4n) is 3.26. The Kier molecular flexibility index (Phi) is 8.21. The summed E-state index contributed by atoms with van der Waals surface area (Å²) < 4.78 is 12.3. The topological polar surface area (TPSA) is 78.3 Å².